The van der Waals surface area contributed by atoms with Crippen molar-refractivity contribution in [3.63, 3.8) is 0 Å². The maximum absolute atomic E-state index is 12.5. The van der Waals surface area contributed by atoms with Crippen LogP contribution < -0.4 is 4.90 Å². The molecule has 0 unspecified atom stereocenters. The highest BCUT2D eigenvalue weighted by Crippen LogP contribution is 2.09. The molecule has 2 aromatic carbocycles. The maximum Gasteiger partial charge on any atom is 0.236 e. The number of sulfonamides is 1. The first kappa shape index (κ1) is 18.3. The van der Waals surface area contributed by atoms with E-state index in [2.05, 4.69) is 6.07 Å². The maximum atomic E-state index is 12.5. The Morgan fingerprint density at radius 2 is 1.69 bits per heavy atom. The van der Waals surface area contributed by atoms with Crippen molar-refractivity contribution in [2.75, 3.05) is 26.2 Å². The van der Waals surface area contributed by atoms with Crippen LogP contribution in [0.2, 0.25) is 0 Å². The first-order valence-corrected chi connectivity index (χ1v) is 10.1. The summed E-state index contributed by atoms with van der Waals surface area (Å²) in [6, 6.07) is 19.2. The van der Waals surface area contributed by atoms with Gasteiger partial charge in [-0.15, -0.1) is 0 Å². The Morgan fingerprint density at radius 1 is 1.04 bits per heavy atom. The monoisotopic (exact) mass is 368 g/mol. The standard InChI is InChI=1S/C20H21N3O2S/c21-16-19-8-4-5-9-20(19)17-22-11-13-23(14-12-22)26(24,25)15-10-18-6-2-1-3-7-18/h1-10,15H,11-14,17H2/p+1/b15-10+. The van der Waals surface area contributed by atoms with Gasteiger partial charge in [-0.3, -0.25) is 0 Å². The number of rotatable bonds is 5. The first-order valence-electron chi connectivity index (χ1n) is 8.63. The van der Waals surface area contributed by atoms with Crippen molar-refractivity contribution in [2.45, 2.75) is 6.54 Å². The van der Waals surface area contributed by atoms with Crippen LogP contribution >= 0.6 is 0 Å². The number of hydrogen-bond acceptors (Lipinski definition) is 3. The molecule has 2 aromatic rings. The SMILES string of the molecule is N#Cc1ccccc1C[NH+]1CCN(S(=O)(=O)/C=C/c2ccccc2)CC1. The zero-order chi connectivity index (χ0) is 18.4. The Kier molecular flexibility index (Phi) is 5.84. The van der Waals surface area contributed by atoms with Crippen molar-refractivity contribution in [1.29, 1.82) is 5.26 Å². The largest absolute Gasteiger partial charge is 0.329 e. The third-order valence-corrected chi connectivity index (χ3v) is 6.16. The van der Waals surface area contributed by atoms with Crippen molar-refractivity contribution in [3.05, 3.63) is 76.7 Å². The highest BCUT2D eigenvalue weighted by molar-refractivity contribution is 7.92. The quantitative estimate of drug-likeness (QED) is 0.864. The van der Waals surface area contributed by atoms with Gasteiger partial charge in [-0.25, -0.2) is 8.42 Å². The van der Waals surface area contributed by atoms with E-state index in [9.17, 15) is 13.7 Å². The van der Waals surface area contributed by atoms with Crippen LogP contribution in [0, 0.1) is 11.3 Å². The van der Waals surface area contributed by atoms with Gasteiger partial charge in [0.2, 0.25) is 10.0 Å². The third-order valence-electron chi connectivity index (χ3n) is 4.60. The Labute approximate surface area is 154 Å². The number of hydrogen-bond donors (Lipinski definition) is 1. The van der Waals surface area contributed by atoms with Gasteiger partial charge < -0.3 is 4.90 Å². The number of piperazine rings is 1. The normalized spacial score (nSPS) is 16.6. The lowest BCUT2D eigenvalue weighted by Crippen LogP contribution is -3.13. The van der Waals surface area contributed by atoms with E-state index in [1.54, 1.807) is 6.08 Å². The topological polar surface area (TPSA) is 65.6 Å². The number of nitrogens with zero attached hydrogens (tertiary/aromatic N) is 2. The van der Waals surface area contributed by atoms with Crippen molar-refractivity contribution in [3.8, 4) is 6.07 Å². The van der Waals surface area contributed by atoms with Gasteiger partial charge in [0.25, 0.3) is 0 Å². The van der Waals surface area contributed by atoms with Gasteiger partial charge in [0.15, 0.2) is 0 Å². The predicted molar refractivity (Wildman–Crippen MR) is 102 cm³/mol. The zero-order valence-corrected chi connectivity index (χ0v) is 15.3. The number of quaternary nitrogens is 1. The zero-order valence-electron chi connectivity index (χ0n) is 14.5. The number of nitrogens with one attached hydrogen (secondary N) is 1. The molecule has 1 aliphatic heterocycles. The summed E-state index contributed by atoms with van der Waals surface area (Å²) in [5, 5.41) is 10.5. The fraction of sp³-hybridized carbons (Fsp3) is 0.250. The van der Waals surface area contributed by atoms with E-state index in [-0.39, 0.29) is 0 Å². The van der Waals surface area contributed by atoms with Crippen LogP contribution in [0.1, 0.15) is 16.7 Å². The molecule has 1 N–H and O–H groups in total. The van der Waals surface area contributed by atoms with Crippen molar-refractivity contribution < 1.29 is 13.3 Å². The number of benzene rings is 2. The van der Waals surface area contributed by atoms with Gasteiger partial charge in [0.1, 0.15) is 6.54 Å². The lowest BCUT2D eigenvalue weighted by molar-refractivity contribution is -0.917. The molecule has 0 bridgehead atoms. The van der Waals surface area contributed by atoms with Crippen LogP contribution in [0.15, 0.2) is 60.0 Å². The summed E-state index contributed by atoms with van der Waals surface area (Å²) in [5.41, 5.74) is 2.58. The molecule has 1 heterocycles. The molecule has 1 fully saturated rings. The number of nitriles is 1. The molecule has 26 heavy (non-hydrogen) atoms. The second-order valence-electron chi connectivity index (χ2n) is 6.35. The average Bonchev–Trinajstić information content (AvgIpc) is 2.68. The molecule has 3 rings (SSSR count). The van der Waals surface area contributed by atoms with Crippen LogP contribution in [0.3, 0.4) is 0 Å². The summed E-state index contributed by atoms with van der Waals surface area (Å²) in [4.78, 5) is 1.30. The molecule has 1 aliphatic rings. The molecule has 0 aromatic heterocycles. The molecular weight excluding hydrogens is 346 g/mol. The van der Waals surface area contributed by atoms with E-state index in [0.29, 0.717) is 18.7 Å². The Morgan fingerprint density at radius 3 is 2.38 bits per heavy atom. The molecule has 5 nitrogen and oxygen atoms in total. The molecular formula is C20H22N3O2S+. The molecule has 0 amide bonds. The third kappa shape index (κ3) is 4.58. The molecule has 0 atom stereocenters. The van der Waals surface area contributed by atoms with Crippen LogP contribution in [0.25, 0.3) is 6.08 Å². The van der Waals surface area contributed by atoms with Crippen LogP contribution in [-0.2, 0) is 16.6 Å². The minimum Gasteiger partial charge on any atom is -0.329 e. The van der Waals surface area contributed by atoms with Gasteiger partial charge in [-0.2, -0.15) is 9.57 Å². The first-order chi connectivity index (χ1) is 12.6. The summed E-state index contributed by atoms with van der Waals surface area (Å²) in [6.07, 6.45) is 1.64. The van der Waals surface area contributed by atoms with Gasteiger partial charge in [0, 0.05) is 11.0 Å². The Bertz CT molecular complexity index is 910. The van der Waals surface area contributed by atoms with E-state index in [0.717, 1.165) is 30.8 Å². The van der Waals surface area contributed by atoms with E-state index in [4.69, 9.17) is 0 Å². The van der Waals surface area contributed by atoms with Crippen LogP contribution in [0.5, 0.6) is 0 Å². The van der Waals surface area contributed by atoms with Crippen LogP contribution in [0.4, 0.5) is 0 Å². The van der Waals surface area contributed by atoms with E-state index >= 15 is 0 Å². The molecule has 0 spiro atoms. The molecule has 0 radical (unpaired) electrons. The molecule has 6 heteroatoms. The van der Waals surface area contributed by atoms with E-state index in [1.807, 2.05) is 54.6 Å². The van der Waals surface area contributed by atoms with E-state index < -0.39 is 10.0 Å². The lowest BCUT2D eigenvalue weighted by Gasteiger charge is -2.30. The van der Waals surface area contributed by atoms with Gasteiger partial charge in [-0.1, -0.05) is 48.5 Å². The second kappa shape index (κ2) is 8.28. The predicted octanol–water partition coefficient (Wildman–Crippen LogP) is 1.26. The second-order valence-corrected chi connectivity index (χ2v) is 8.17. The summed E-state index contributed by atoms with van der Waals surface area (Å²) >= 11 is 0. The highest BCUT2D eigenvalue weighted by Gasteiger charge is 2.27. The average molecular weight is 368 g/mol. The van der Waals surface area contributed by atoms with Crippen LogP contribution in [-0.4, -0.2) is 38.9 Å². The smallest absolute Gasteiger partial charge is 0.236 e. The molecule has 0 saturated carbocycles. The van der Waals surface area contributed by atoms with Gasteiger partial charge in [0.05, 0.1) is 37.8 Å². The van der Waals surface area contributed by atoms with Crippen molar-refractivity contribution >= 4 is 16.1 Å². The van der Waals surface area contributed by atoms with Gasteiger partial charge >= 0.3 is 0 Å². The summed E-state index contributed by atoms with van der Waals surface area (Å²) < 4.78 is 26.6. The summed E-state index contributed by atoms with van der Waals surface area (Å²) in [6.45, 7) is 3.20. The fourth-order valence-electron chi connectivity index (χ4n) is 3.10. The Balaban J connectivity index is 1.59. The molecule has 0 aliphatic carbocycles. The molecule has 1 saturated heterocycles. The molecule has 134 valence electrons. The van der Waals surface area contributed by atoms with Crippen molar-refractivity contribution in [1.82, 2.24) is 4.31 Å². The minimum atomic E-state index is -3.40. The fourth-order valence-corrected chi connectivity index (χ4v) is 4.29. The minimum absolute atomic E-state index is 0.492. The van der Waals surface area contributed by atoms with Gasteiger partial charge in [-0.05, 0) is 17.7 Å². The summed E-state index contributed by atoms with van der Waals surface area (Å²) in [7, 11) is -3.40. The highest BCUT2D eigenvalue weighted by atomic mass is 32.2. The lowest BCUT2D eigenvalue weighted by atomic mass is 10.1. The summed E-state index contributed by atoms with van der Waals surface area (Å²) in [5.74, 6) is 0. The van der Waals surface area contributed by atoms with E-state index in [1.165, 1.54) is 14.6 Å². The van der Waals surface area contributed by atoms with Crippen molar-refractivity contribution in [2.24, 2.45) is 0 Å². The Hall–Kier alpha value is -2.46.